The molecule has 7 heterocycles. The summed E-state index contributed by atoms with van der Waals surface area (Å²) in [5.41, 5.74) is 2.15. The quantitative estimate of drug-likeness (QED) is 0.0317. The second kappa shape index (κ2) is 29.3. The second-order valence-electron chi connectivity index (χ2n) is 24.0. The molecule has 1 saturated carbocycles. The van der Waals surface area contributed by atoms with Gasteiger partial charge in [-0.25, -0.2) is 14.4 Å². The van der Waals surface area contributed by atoms with E-state index in [-0.39, 0.29) is 88.5 Å². The third-order valence-corrected chi connectivity index (χ3v) is 17.8. The molecule has 23 nitrogen and oxygen atoms in total. The fourth-order valence-electron chi connectivity index (χ4n) is 11.8. The van der Waals surface area contributed by atoms with Crippen LogP contribution >= 0.6 is 11.3 Å². The van der Waals surface area contributed by atoms with E-state index in [4.69, 9.17) is 23.9 Å². The molecule has 90 heavy (non-hydrogen) atoms. The Hall–Kier alpha value is -8.07. The highest BCUT2D eigenvalue weighted by Crippen LogP contribution is 2.37. The van der Waals surface area contributed by atoms with Crippen LogP contribution in [0.4, 0.5) is 15.9 Å². The molecular formula is C65H79FN12O11S. The van der Waals surface area contributed by atoms with Gasteiger partial charge in [-0.1, -0.05) is 52.2 Å². The lowest BCUT2D eigenvalue weighted by atomic mass is 9.83. The standard InChI is InChI=1S/C65H79FN12O11S/c1-40(67-5)60(82)72-57(41-12-8-7-9-13-41)64(85)76-20-11-16-53(76)61-71-52(39-90-61)58(81)42-14-10-15-47(31-42)89-29-28-88-27-26-87-25-24-86-23-18-55(80)75-21-22-77-46(37-75)34-54(73-77)70-51-32-44(36-74(6)62(51)83)48-17-19-68-59(49(48)38-79)78-63(84)56-43(35-69-78)30-45(33-50(56)66)65(2,3)4/h10,14-15,17,19,30-36,39-41,53,57,67,79H,7-9,11-13,16,18,20-29,37-38H2,1-6H3,(H,70,73)(H,72,82)/t40-,53-,57-/m1/s1. The number of carbonyl (C=O) groups is 4. The molecule has 25 heteroatoms. The van der Waals surface area contributed by atoms with E-state index in [1.165, 1.54) is 34.4 Å². The van der Waals surface area contributed by atoms with E-state index in [0.29, 0.717) is 109 Å². The van der Waals surface area contributed by atoms with Gasteiger partial charge in [0.25, 0.3) is 11.1 Å². The molecule has 0 bridgehead atoms. The van der Waals surface area contributed by atoms with Crippen molar-refractivity contribution in [1.29, 1.82) is 0 Å². The van der Waals surface area contributed by atoms with Gasteiger partial charge in [-0.2, -0.15) is 14.9 Å². The molecule has 3 atom stereocenters. The molecule has 3 amide bonds. The number of ether oxygens (including phenoxy) is 4. The molecule has 478 valence electrons. The fraction of sp³-hybridized carbons (Fsp3) is 0.477. The van der Waals surface area contributed by atoms with Gasteiger partial charge in [0.05, 0.1) is 95.1 Å². The number of carbonyl (C=O) groups excluding carboxylic acids is 4. The van der Waals surface area contributed by atoms with Gasteiger partial charge in [-0.05, 0) is 98.5 Å². The minimum Gasteiger partial charge on any atom is -0.491 e. The molecule has 4 N–H and O–H groups in total. The van der Waals surface area contributed by atoms with Gasteiger partial charge >= 0.3 is 0 Å². The Labute approximate surface area is 524 Å². The lowest BCUT2D eigenvalue weighted by Gasteiger charge is -2.35. The van der Waals surface area contributed by atoms with Crippen LogP contribution in [0.5, 0.6) is 5.75 Å². The van der Waals surface area contributed by atoms with Crippen molar-refractivity contribution in [3.8, 4) is 22.7 Å². The van der Waals surface area contributed by atoms with Crippen molar-refractivity contribution >= 4 is 57.1 Å². The van der Waals surface area contributed by atoms with E-state index in [1.807, 2.05) is 25.7 Å². The Bertz CT molecular complexity index is 3850. The Morgan fingerprint density at radius 3 is 2.38 bits per heavy atom. The summed E-state index contributed by atoms with van der Waals surface area (Å²) in [6.07, 6.45) is 11.2. The average molecular weight is 1260 g/mol. The number of anilines is 2. The number of likely N-dealkylation sites (tertiary alicyclic amines) is 1. The first-order valence-corrected chi connectivity index (χ1v) is 31.7. The molecule has 2 fully saturated rings. The highest BCUT2D eigenvalue weighted by atomic mass is 32.1. The summed E-state index contributed by atoms with van der Waals surface area (Å²) in [7, 11) is 3.32. The Morgan fingerprint density at radius 2 is 1.63 bits per heavy atom. The number of amides is 3. The molecule has 10 rings (SSSR count). The third-order valence-electron chi connectivity index (χ3n) is 16.9. The summed E-state index contributed by atoms with van der Waals surface area (Å²) in [5, 5.41) is 31.6. The SMILES string of the molecule is CN[C@H](C)C(=O)N[C@@H](C(=O)N1CCC[C@@H]1c1nc(C(=O)c2cccc(OCCOCCOCCOCCC(=O)N3CCn4nc(Nc5cc(-c6ccnc(-n7ncc8cc(C(C)(C)C)cc(F)c8c7=O)c6CO)cn(C)c5=O)cc4C3)c2)cs1)C1CCCCC1. The molecule has 2 aliphatic heterocycles. The number of aliphatic hydroxyl groups is 1. The molecule has 7 aromatic rings. The van der Waals surface area contributed by atoms with Crippen LogP contribution in [-0.4, -0.2) is 151 Å². The summed E-state index contributed by atoms with van der Waals surface area (Å²) >= 11 is 1.37. The van der Waals surface area contributed by atoms with Crippen LogP contribution in [-0.2, 0) is 60.8 Å². The average Bonchev–Trinajstić information content (AvgIpc) is 1.79. The molecule has 0 radical (unpaired) electrons. The molecule has 5 aromatic heterocycles. The number of hydrogen-bond acceptors (Lipinski definition) is 18. The van der Waals surface area contributed by atoms with E-state index in [0.717, 1.165) is 55.3 Å². The van der Waals surface area contributed by atoms with Crippen LogP contribution in [0, 0.1) is 11.7 Å². The smallest absolute Gasteiger partial charge is 0.283 e. The van der Waals surface area contributed by atoms with Gasteiger partial charge in [0, 0.05) is 66.1 Å². The summed E-state index contributed by atoms with van der Waals surface area (Å²) in [6, 6.07) is 13.8. The topological polar surface area (TPSA) is 268 Å². The Kier molecular flexibility index (Phi) is 21.1. The number of nitrogens with one attached hydrogen (secondary N) is 3. The maximum atomic E-state index is 15.6. The van der Waals surface area contributed by atoms with Crippen molar-refractivity contribution in [2.75, 3.05) is 71.7 Å². The summed E-state index contributed by atoms with van der Waals surface area (Å²) in [6.45, 7) is 10.8. The number of aryl methyl sites for hydroxylation is 1. The van der Waals surface area contributed by atoms with E-state index in [2.05, 4.69) is 31.1 Å². The lowest BCUT2D eigenvalue weighted by molar-refractivity contribution is -0.139. The number of nitrogens with zero attached hydrogens (tertiary/aromatic N) is 9. The van der Waals surface area contributed by atoms with Crippen LogP contribution in [0.25, 0.3) is 27.7 Å². The van der Waals surface area contributed by atoms with E-state index >= 15 is 4.39 Å². The Balaban J connectivity index is 0.628. The highest BCUT2D eigenvalue weighted by Gasteiger charge is 2.40. The third kappa shape index (κ3) is 15.0. The summed E-state index contributed by atoms with van der Waals surface area (Å²) < 4.78 is 42.7. The molecule has 1 aliphatic carbocycles. The molecule has 2 aromatic carbocycles. The number of hydrogen-bond donors (Lipinski definition) is 4. The van der Waals surface area contributed by atoms with Crippen molar-refractivity contribution in [1.82, 2.24) is 54.5 Å². The maximum Gasteiger partial charge on any atom is 0.283 e. The predicted octanol–water partition coefficient (Wildman–Crippen LogP) is 6.90. The summed E-state index contributed by atoms with van der Waals surface area (Å²) in [4.78, 5) is 94.3. The minimum atomic E-state index is -0.735. The van der Waals surface area contributed by atoms with E-state index in [1.54, 1.807) is 90.7 Å². The monoisotopic (exact) mass is 1250 g/mol. The van der Waals surface area contributed by atoms with Crippen LogP contribution in [0.15, 0.2) is 88.2 Å². The van der Waals surface area contributed by atoms with Crippen molar-refractivity contribution in [2.24, 2.45) is 13.0 Å². The lowest BCUT2D eigenvalue weighted by Crippen LogP contribution is -2.55. The van der Waals surface area contributed by atoms with Gasteiger partial charge in [0.2, 0.25) is 23.5 Å². The van der Waals surface area contributed by atoms with Gasteiger partial charge in [0.15, 0.2) is 11.6 Å². The molecule has 0 spiro atoms. The van der Waals surface area contributed by atoms with Crippen LogP contribution < -0.4 is 31.8 Å². The fourth-order valence-corrected chi connectivity index (χ4v) is 12.7. The first kappa shape index (κ1) is 64.9. The van der Waals surface area contributed by atoms with Gasteiger partial charge in [-0.15, -0.1) is 11.3 Å². The minimum absolute atomic E-state index is 0.0127. The van der Waals surface area contributed by atoms with Gasteiger partial charge in [-0.3, -0.25) is 33.4 Å². The van der Waals surface area contributed by atoms with Gasteiger partial charge < -0.3 is 54.4 Å². The molecule has 0 unspecified atom stereocenters. The van der Waals surface area contributed by atoms with E-state index in [9.17, 15) is 33.9 Å². The number of benzene rings is 2. The van der Waals surface area contributed by atoms with Crippen molar-refractivity contribution in [3.05, 3.63) is 138 Å². The second-order valence-corrected chi connectivity index (χ2v) is 24.9. The number of likely N-dealkylation sites (N-methyl/N-ethyl adjacent to an activating group) is 1. The zero-order valence-corrected chi connectivity index (χ0v) is 52.6. The van der Waals surface area contributed by atoms with Crippen LogP contribution in [0.1, 0.15) is 123 Å². The number of rotatable bonds is 26. The van der Waals surface area contributed by atoms with E-state index < -0.39 is 30.1 Å². The molecule has 3 aliphatic rings. The summed E-state index contributed by atoms with van der Waals surface area (Å²) in [5.74, 6) is -0.287. The number of aliphatic hydroxyl groups excluding tert-OH is 1. The van der Waals surface area contributed by atoms with Crippen molar-refractivity contribution in [2.45, 2.75) is 122 Å². The molecule has 1 saturated heterocycles. The number of aromatic nitrogens is 7. The number of ketones is 1. The predicted molar refractivity (Wildman–Crippen MR) is 337 cm³/mol. The first-order valence-electron chi connectivity index (χ1n) is 30.8. The zero-order chi connectivity index (χ0) is 63.6. The number of thiazole rings is 1. The van der Waals surface area contributed by atoms with Gasteiger partial charge in [0.1, 0.15) is 40.6 Å². The number of halogens is 1. The Morgan fingerprint density at radius 1 is 0.878 bits per heavy atom. The largest absolute Gasteiger partial charge is 0.491 e. The highest BCUT2D eigenvalue weighted by molar-refractivity contribution is 7.10. The van der Waals surface area contributed by atoms with Crippen molar-refractivity contribution < 1.29 is 47.6 Å². The van der Waals surface area contributed by atoms with Crippen LogP contribution in [0.2, 0.25) is 0 Å². The first-order chi connectivity index (χ1) is 43.4. The van der Waals surface area contributed by atoms with Crippen molar-refractivity contribution in [3.63, 3.8) is 0 Å². The molecular weight excluding hydrogens is 1180 g/mol. The number of pyridine rings is 2. The number of fused-ring (bicyclic) bond motifs is 2. The zero-order valence-electron chi connectivity index (χ0n) is 51.8. The maximum absolute atomic E-state index is 15.6. The normalized spacial score (nSPS) is 16.1. The van der Waals surface area contributed by atoms with Crippen LogP contribution in [0.3, 0.4) is 0 Å².